The van der Waals surface area contributed by atoms with Crippen LogP contribution in [0.4, 0.5) is 0 Å². The molecular formula is C34H62N2O3. The SMILES string of the molecule is CCCCCCCCCCCC/C=C/C(=O)N[C@@H]1CC[C@H]1NC(=O)/C=C/CCCCCCCCCCCCO. The van der Waals surface area contributed by atoms with E-state index in [0.717, 1.165) is 51.4 Å². The molecule has 39 heavy (non-hydrogen) atoms. The summed E-state index contributed by atoms with van der Waals surface area (Å²) < 4.78 is 0. The van der Waals surface area contributed by atoms with Gasteiger partial charge in [-0.05, 0) is 57.1 Å². The van der Waals surface area contributed by atoms with Crippen molar-refractivity contribution < 1.29 is 14.7 Å². The van der Waals surface area contributed by atoms with Crippen LogP contribution in [-0.4, -0.2) is 35.6 Å². The highest BCUT2D eigenvalue weighted by molar-refractivity contribution is 5.89. The smallest absolute Gasteiger partial charge is 0.243 e. The molecule has 2 amide bonds. The van der Waals surface area contributed by atoms with Gasteiger partial charge in [-0.3, -0.25) is 9.59 Å². The average Bonchev–Trinajstić information content (AvgIpc) is 2.93. The van der Waals surface area contributed by atoms with Crippen molar-refractivity contribution in [1.82, 2.24) is 10.6 Å². The summed E-state index contributed by atoms with van der Waals surface area (Å²) in [6.45, 7) is 2.59. The molecule has 0 bridgehead atoms. The first-order chi connectivity index (χ1) is 19.2. The summed E-state index contributed by atoms with van der Waals surface area (Å²) in [6, 6.07) is 0.0941. The Morgan fingerprint density at radius 2 is 0.897 bits per heavy atom. The van der Waals surface area contributed by atoms with Crippen molar-refractivity contribution in [1.29, 1.82) is 0 Å². The molecule has 1 fully saturated rings. The monoisotopic (exact) mass is 546 g/mol. The van der Waals surface area contributed by atoms with E-state index in [1.807, 2.05) is 12.2 Å². The van der Waals surface area contributed by atoms with Crippen LogP contribution >= 0.6 is 0 Å². The van der Waals surface area contributed by atoms with Crippen molar-refractivity contribution in [2.75, 3.05) is 6.61 Å². The van der Waals surface area contributed by atoms with Crippen molar-refractivity contribution in [3.8, 4) is 0 Å². The van der Waals surface area contributed by atoms with Crippen molar-refractivity contribution >= 4 is 11.8 Å². The second-order valence-electron chi connectivity index (χ2n) is 11.6. The van der Waals surface area contributed by atoms with Crippen LogP contribution in [0.3, 0.4) is 0 Å². The predicted molar refractivity (Wildman–Crippen MR) is 166 cm³/mol. The van der Waals surface area contributed by atoms with Crippen molar-refractivity contribution in [2.45, 2.75) is 173 Å². The third-order valence-corrected chi connectivity index (χ3v) is 7.97. The summed E-state index contributed by atoms with van der Waals surface area (Å²) in [5.41, 5.74) is 0. The molecule has 226 valence electrons. The molecule has 1 rings (SSSR count). The van der Waals surface area contributed by atoms with Crippen LogP contribution in [0.25, 0.3) is 0 Å². The molecule has 2 atom stereocenters. The zero-order valence-corrected chi connectivity index (χ0v) is 25.4. The van der Waals surface area contributed by atoms with Crippen LogP contribution in [0.5, 0.6) is 0 Å². The summed E-state index contributed by atoms with van der Waals surface area (Å²) in [6.07, 6.45) is 36.5. The van der Waals surface area contributed by atoms with E-state index >= 15 is 0 Å². The third-order valence-electron chi connectivity index (χ3n) is 7.97. The maximum atomic E-state index is 12.2. The second-order valence-corrected chi connectivity index (χ2v) is 11.6. The molecule has 0 aromatic carbocycles. The number of aliphatic hydroxyl groups excluding tert-OH is 1. The quantitative estimate of drug-likeness (QED) is 0.0714. The summed E-state index contributed by atoms with van der Waals surface area (Å²) in [7, 11) is 0. The van der Waals surface area contributed by atoms with E-state index in [9.17, 15) is 9.59 Å². The average molecular weight is 547 g/mol. The minimum atomic E-state index is -0.0448. The number of hydrogen-bond acceptors (Lipinski definition) is 3. The van der Waals surface area contributed by atoms with Crippen LogP contribution in [0.2, 0.25) is 0 Å². The summed E-state index contributed by atoms with van der Waals surface area (Å²) in [4.78, 5) is 24.5. The first-order valence-corrected chi connectivity index (χ1v) is 16.7. The fourth-order valence-electron chi connectivity index (χ4n) is 5.23. The van der Waals surface area contributed by atoms with E-state index in [4.69, 9.17) is 5.11 Å². The second kappa shape index (κ2) is 26.6. The van der Waals surface area contributed by atoms with Gasteiger partial charge in [0.1, 0.15) is 0 Å². The molecule has 0 spiro atoms. The molecule has 5 heteroatoms. The number of carbonyl (C=O) groups excluding carboxylic acids is 2. The standard InChI is InChI=1S/C34H62N2O3/c1-2-3-4-5-6-7-8-11-14-17-20-23-26-33(38)35-31-28-29-32(31)36-34(39)27-24-21-18-15-12-9-10-13-16-19-22-25-30-37/h23-24,26-27,31-32,37H,2-22,25,28-30H2,1H3,(H,35,38)(H,36,39)/b26-23+,27-24+/t31-,32-/m1/s1. The Labute approximate surface area is 241 Å². The molecule has 0 saturated heterocycles. The number of aliphatic hydroxyl groups is 1. The van der Waals surface area contributed by atoms with Gasteiger partial charge in [-0.1, -0.05) is 128 Å². The summed E-state index contributed by atoms with van der Waals surface area (Å²) in [5.74, 6) is -0.0834. The third kappa shape index (κ3) is 21.8. The zero-order chi connectivity index (χ0) is 28.2. The number of allylic oxidation sites excluding steroid dienone is 2. The van der Waals surface area contributed by atoms with E-state index in [2.05, 4.69) is 17.6 Å². The van der Waals surface area contributed by atoms with Crippen LogP contribution in [0.15, 0.2) is 24.3 Å². The maximum Gasteiger partial charge on any atom is 0.243 e. The molecule has 0 aromatic rings. The molecule has 0 heterocycles. The summed E-state index contributed by atoms with van der Waals surface area (Å²) >= 11 is 0. The molecule has 1 aliphatic rings. The van der Waals surface area contributed by atoms with Crippen LogP contribution in [0.1, 0.15) is 161 Å². The van der Waals surface area contributed by atoms with Gasteiger partial charge in [0, 0.05) is 18.7 Å². The number of carbonyl (C=O) groups is 2. The van der Waals surface area contributed by atoms with Gasteiger partial charge in [0.15, 0.2) is 0 Å². The molecule has 1 saturated carbocycles. The van der Waals surface area contributed by atoms with Gasteiger partial charge in [0.05, 0.1) is 0 Å². The van der Waals surface area contributed by atoms with Crippen molar-refractivity contribution in [2.24, 2.45) is 0 Å². The maximum absolute atomic E-state index is 12.2. The van der Waals surface area contributed by atoms with E-state index in [-0.39, 0.29) is 23.9 Å². The normalized spacial score (nSPS) is 17.1. The van der Waals surface area contributed by atoms with Crippen LogP contribution in [-0.2, 0) is 9.59 Å². The lowest BCUT2D eigenvalue weighted by Crippen LogP contribution is -2.57. The summed E-state index contributed by atoms with van der Waals surface area (Å²) in [5, 5.41) is 14.9. The number of amides is 2. The lowest BCUT2D eigenvalue weighted by Gasteiger charge is -2.37. The van der Waals surface area contributed by atoms with Crippen LogP contribution < -0.4 is 10.6 Å². The van der Waals surface area contributed by atoms with Crippen molar-refractivity contribution in [3.05, 3.63) is 24.3 Å². The molecule has 3 N–H and O–H groups in total. The molecule has 0 unspecified atom stereocenters. The first-order valence-electron chi connectivity index (χ1n) is 16.7. The van der Waals surface area contributed by atoms with Crippen molar-refractivity contribution in [3.63, 3.8) is 0 Å². The highest BCUT2D eigenvalue weighted by atomic mass is 16.3. The molecular weight excluding hydrogens is 484 g/mol. The number of nitrogens with one attached hydrogen (secondary N) is 2. The lowest BCUT2D eigenvalue weighted by molar-refractivity contribution is -0.121. The molecule has 0 radical (unpaired) electrons. The Morgan fingerprint density at radius 1 is 0.564 bits per heavy atom. The van der Waals surface area contributed by atoms with Gasteiger partial charge >= 0.3 is 0 Å². The fourth-order valence-corrected chi connectivity index (χ4v) is 5.23. The number of hydrogen-bond donors (Lipinski definition) is 3. The number of rotatable bonds is 27. The van der Waals surface area contributed by atoms with Gasteiger partial charge in [-0.2, -0.15) is 0 Å². The minimum Gasteiger partial charge on any atom is -0.396 e. The van der Waals surface area contributed by atoms with Gasteiger partial charge in [0.2, 0.25) is 11.8 Å². The Morgan fingerprint density at radius 3 is 1.23 bits per heavy atom. The fraction of sp³-hybridized carbons (Fsp3) is 0.824. The number of unbranched alkanes of at least 4 members (excludes halogenated alkanes) is 20. The van der Waals surface area contributed by atoms with Gasteiger partial charge in [0.25, 0.3) is 0 Å². The van der Waals surface area contributed by atoms with E-state index < -0.39 is 0 Å². The molecule has 5 nitrogen and oxygen atoms in total. The Bertz CT molecular complexity index is 646. The largest absolute Gasteiger partial charge is 0.396 e. The molecule has 0 aliphatic heterocycles. The van der Waals surface area contributed by atoms with E-state index in [1.54, 1.807) is 12.2 Å². The predicted octanol–water partition coefficient (Wildman–Crippen LogP) is 8.46. The molecule has 0 aromatic heterocycles. The Hall–Kier alpha value is -1.62. The Balaban J connectivity index is 1.96. The van der Waals surface area contributed by atoms with Crippen LogP contribution in [0, 0.1) is 0 Å². The van der Waals surface area contributed by atoms with E-state index in [1.165, 1.54) is 103 Å². The van der Waals surface area contributed by atoms with Gasteiger partial charge in [-0.25, -0.2) is 0 Å². The van der Waals surface area contributed by atoms with Gasteiger partial charge in [-0.15, -0.1) is 0 Å². The topological polar surface area (TPSA) is 78.4 Å². The molecule has 1 aliphatic carbocycles. The van der Waals surface area contributed by atoms with E-state index in [0.29, 0.717) is 6.61 Å². The highest BCUT2D eigenvalue weighted by Gasteiger charge is 2.32. The first kappa shape index (κ1) is 35.4. The lowest BCUT2D eigenvalue weighted by atomic mass is 9.86. The highest BCUT2D eigenvalue weighted by Crippen LogP contribution is 2.20. The minimum absolute atomic E-state index is 0.0386. The zero-order valence-electron chi connectivity index (χ0n) is 25.4. The Kier molecular flexibility index (Phi) is 24.1. The van der Waals surface area contributed by atoms with Gasteiger partial charge < -0.3 is 15.7 Å².